The molecule has 0 spiro atoms. The zero-order valence-corrected chi connectivity index (χ0v) is 12.5. The Morgan fingerprint density at radius 1 is 1.19 bits per heavy atom. The maximum Gasteiger partial charge on any atom is 0.253 e. The zero-order valence-electron chi connectivity index (χ0n) is 12.5. The van der Waals surface area contributed by atoms with Crippen LogP contribution in [0.25, 0.3) is 11.1 Å². The molecule has 110 valence electrons. The fraction of sp³-hybridized carbons (Fsp3) is 0.235. The van der Waals surface area contributed by atoms with Gasteiger partial charge in [-0.2, -0.15) is 0 Å². The standard InChI is InChI=1S/C17H19NO3/c1-18(2)17(20)13-6-4-5-12(9-13)16-10-15(21-3)8-7-14(16)11-19/h4-10,19H,11H2,1-3H3. The number of aliphatic hydroxyl groups excluding tert-OH is 1. The number of aliphatic hydroxyl groups is 1. The highest BCUT2D eigenvalue weighted by Crippen LogP contribution is 2.29. The molecule has 0 heterocycles. The van der Waals surface area contributed by atoms with Gasteiger partial charge in [0.05, 0.1) is 13.7 Å². The molecule has 0 aliphatic heterocycles. The number of carbonyl (C=O) groups is 1. The maximum atomic E-state index is 12.1. The number of hydrogen-bond acceptors (Lipinski definition) is 3. The molecule has 0 fully saturated rings. The molecule has 2 rings (SSSR count). The van der Waals surface area contributed by atoms with E-state index in [4.69, 9.17) is 4.74 Å². The summed E-state index contributed by atoms with van der Waals surface area (Å²) in [6.07, 6.45) is 0. The van der Waals surface area contributed by atoms with Crippen LogP contribution in [0.15, 0.2) is 42.5 Å². The van der Waals surface area contributed by atoms with Crippen LogP contribution in [-0.2, 0) is 6.61 Å². The maximum absolute atomic E-state index is 12.1. The van der Waals surface area contributed by atoms with Gasteiger partial charge in [0, 0.05) is 19.7 Å². The summed E-state index contributed by atoms with van der Waals surface area (Å²) in [5.41, 5.74) is 3.16. The van der Waals surface area contributed by atoms with Gasteiger partial charge < -0.3 is 14.7 Å². The van der Waals surface area contributed by atoms with Gasteiger partial charge in [0.2, 0.25) is 0 Å². The predicted octanol–water partition coefficient (Wildman–Crippen LogP) is 2.56. The van der Waals surface area contributed by atoms with Gasteiger partial charge in [0.15, 0.2) is 0 Å². The molecule has 4 nitrogen and oxygen atoms in total. The van der Waals surface area contributed by atoms with E-state index in [1.165, 1.54) is 4.90 Å². The molecule has 0 unspecified atom stereocenters. The number of hydrogen-bond donors (Lipinski definition) is 1. The molecule has 0 saturated heterocycles. The van der Waals surface area contributed by atoms with Crippen LogP contribution < -0.4 is 4.74 Å². The van der Waals surface area contributed by atoms with Gasteiger partial charge in [-0.15, -0.1) is 0 Å². The highest BCUT2D eigenvalue weighted by Gasteiger charge is 2.11. The molecule has 0 saturated carbocycles. The van der Waals surface area contributed by atoms with E-state index in [1.807, 2.05) is 36.4 Å². The highest BCUT2D eigenvalue weighted by molar-refractivity contribution is 5.95. The smallest absolute Gasteiger partial charge is 0.253 e. The average molecular weight is 285 g/mol. The minimum atomic E-state index is -0.0643. The van der Waals surface area contributed by atoms with Gasteiger partial charge in [0.25, 0.3) is 5.91 Å². The largest absolute Gasteiger partial charge is 0.497 e. The number of rotatable bonds is 4. The molecule has 0 aromatic heterocycles. The van der Waals surface area contributed by atoms with E-state index >= 15 is 0 Å². The first-order chi connectivity index (χ1) is 10.1. The van der Waals surface area contributed by atoms with Crippen molar-refractivity contribution < 1.29 is 14.6 Å². The Hall–Kier alpha value is -2.33. The lowest BCUT2D eigenvalue weighted by Gasteiger charge is -2.13. The third kappa shape index (κ3) is 3.23. The molecule has 2 aromatic carbocycles. The van der Waals surface area contributed by atoms with Crippen molar-refractivity contribution in [2.24, 2.45) is 0 Å². The number of methoxy groups -OCH3 is 1. The number of nitrogens with zero attached hydrogens (tertiary/aromatic N) is 1. The minimum Gasteiger partial charge on any atom is -0.497 e. The number of ether oxygens (including phenoxy) is 1. The van der Waals surface area contributed by atoms with Crippen molar-refractivity contribution in [3.8, 4) is 16.9 Å². The lowest BCUT2D eigenvalue weighted by Crippen LogP contribution is -2.21. The van der Waals surface area contributed by atoms with E-state index < -0.39 is 0 Å². The predicted molar refractivity (Wildman–Crippen MR) is 82.4 cm³/mol. The molecule has 4 heteroatoms. The Morgan fingerprint density at radius 2 is 1.95 bits per heavy atom. The summed E-state index contributed by atoms with van der Waals surface area (Å²) >= 11 is 0. The average Bonchev–Trinajstić information content (AvgIpc) is 2.53. The third-order valence-corrected chi connectivity index (χ3v) is 3.31. The van der Waals surface area contributed by atoms with E-state index in [0.717, 1.165) is 16.7 Å². The van der Waals surface area contributed by atoms with Crippen molar-refractivity contribution in [3.63, 3.8) is 0 Å². The fourth-order valence-electron chi connectivity index (χ4n) is 2.17. The van der Waals surface area contributed by atoms with Crippen LogP contribution in [0.3, 0.4) is 0 Å². The van der Waals surface area contributed by atoms with E-state index in [2.05, 4.69) is 0 Å². The summed E-state index contributed by atoms with van der Waals surface area (Å²) in [6.45, 7) is -0.0643. The number of carbonyl (C=O) groups excluding carboxylic acids is 1. The van der Waals surface area contributed by atoms with Gasteiger partial charge >= 0.3 is 0 Å². The molecule has 0 radical (unpaired) electrons. The van der Waals surface area contributed by atoms with Crippen molar-refractivity contribution in [1.82, 2.24) is 4.90 Å². The second kappa shape index (κ2) is 6.41. The second-order valence-electron chi connectivity index (χ2n) is 4.96. The Bertz CT molecular complexity index is 650. The van der Waals surface area contributed by atoms with E-state index in [1.54, 1.807) is 27.3 Å². The van der Waals surface area contributed by atoms with Crippen molar-refractivity contribution in [2.45, 2.75) is 6.61 Å². The Kier molecular flexibility index (Phi) is 4.60. The van der Waals surface area contributed by atoms with Gasteiger partial charge in [-0.25, -0.2) is 0 Å². The van der Waals surface area contributed by atoms with E-state index in [-0.39, 0.29) is 12.5 Å². The van der Waals surface area contributed by atoms with Gasteiger partial charge in [-0.1, -0.05) is 18.2 Å². The first kappa shape index (κ1) is 15.1. The molecule has 2 aromatic rings. The van der Waals surface area contributed by atoms with Crippen LogP contribution in [0, 0.1) is 0 Å². The van der Waals surface area contributed by atoms with Gasteiger partial charge in [-0.3, -0.25) is 4.79 Å². The van der Waals surface area contributed by atoms with Crippen LogP contribution in [0.4, 0.5) is 0 Å². The SMILES string of the molecule is COc1ccc(CO)c(-c2cccc(C(=O)N(C)C)c2)c1. The number of benzene rings is 2. The first-order valence-electron chi connectivity index (χ1n) is 6.66. The van der Waals surface area contributed by atoms with Crippen LogP contribution in [-0.4, -0.2) is 37.1 Å². The molecule has 21 heavy (non-hydrogen) atoms. The van der Waals surface area contributed by atoms with Crippen LogP contribution in [0.2, 0.25) is 0 Å². The molecule has 1 amide bonds. The Labute approximate surface area is 124 Å². The zero-order chi connectivity index (χ0) is 15.4. The quantitative estimate of drug-likeness (QED) is 0.939. The molecule has 1 N–H and O–H groups in total. The second-order valence-corrected chi connectivity index (χ2v) is 4.96. The molecular formula is C17H19NO3. The Balaban J connectivity index is 2.51. The summed E-state index contributed by atoms with van der Waals surface area (Å²) in [5, 5.41) is 9.49. The molecule has 0 aliphatic carbocycles. The normalized spacial score (nSPS) is 10.3. The topological polar surface area (TPSA) is 49.8 Å². The van der Waals surface area contributed by atoms with Crippen molar-refractivity contribution >= 4 is 5.91 Å². The van der Waals surface area contributed by atoms with Crippen LogP contribution >= 0.6 is 0 Å². The van der Waals surface area contributed by atoms with Crippen molar-refractivity contribution in [3.05, 3.63) is 53.6 Å². The van der Waals surface area contributed by atoms with Gasteiger partial charge in [0.1, 0.15) is 5.75 Å². The Morgan fingerprint density at radius 3 is 2.57 bits per heavy atom. The lowest BCUT2D eigenvalue weighted by molar-refractivity contribution is 0.0827. The van der Waals surface area contributed by atoms with Gasteiger partial charge in [-0.05, 0) is 41.0 Å². The summed E-state index contributed by atoms with van der Waals surface area (Å²) in [5.74, 6) is 0.664. The summed E-state index contributed by atoms with van der Waals surface area (Å²) in [6, 6.07) is 12.9. The van der Waals surface area contributed by atoms with E-state index in [0.29, 0.717) is 11.3 Å². The first-order valence-corrected chi connectivity index (χ1v) is 6.66. The minimum absolute atomic E-state index is 0.0507. The van der Waals surface area contributed by atoms with E-state index in [9.17, 15) is 9.90 Å². The van der Waals surface area contributed by atoms with Crippen LogP contribution in [0.1, 0.15) is 15.9 Å². The lowest BCUT2D eigenvalue weighted by atomic mass is 9.98. The molecular weight excluding hydrogens is 266 g/mol. The summed E-state index contributed by atoms with van der Waals surface area (Å²) in [4.78, 5) is 13.6. The fourth-order valence-corrected chi connectivity index (χ4v) is 2.17. The summed E-state index contributed by atoms with van der Waals surface area (Å²) in [7, 11) is 5.04. The van der Waals surface area contributed by atoms with Crippen LogP contribution in [0.5, 0.6) is 5.75 Å². The van der Waals surface area contributed by atoms with Crippen molar-refractivity contribution in [1.29, 1.82) is 0 Å². The molecule has 0 atom stereocenters. The monoisotopic (exact) mass is 285 g/mol. The molecule has 0 bridgehead atoms. The summed E-state index contributed by atoms with van der Waals surface area (Å²) < 4.78 is 5.23. The highest BCUT2D eigenvalue weighted by atomic mass is 16.5. The van der Waals surface area contributed by atoms with Crippen molar-refractivity contribution in [2.75, 3.05) is 21.2 Å². The number of amides is 1. The third-order valence-electron chi connectivity index (χ3n) is 3.31. The molecule has 0 aliphatic rings.